The summed E-state index contributed by atoms with van der Waals surface area (Å²) in [6, 6.07) is 0.144. The molecule has 1 N–H and O–H groups in total. The molecular formula is C11H16N2O3S. The maximum Gasteiger partial charge on any atom is 0.334 e. The van der Waals surface area contributed by atoms with Crippen molar-refractivity contribution in [3.05, 3.63) is 16.1 Å². The van der Waals surface area contributed by atoms with Gasteiger partial charge in [-0.1, -0.05) is 0 Å². The van der Waals surface area contributed by atoms with Crippen LogP contribution in [-0.4, -0.2) is 46.8 Å². The first-order chi connectivity index (χ1) is 8.08. The van der Waals surface area contributed by atoms with Gasteiger partial charge in [-0.15, -0.1) is 11.3 Å². The first kappa shape index (κ1) is 12.5. The molecule has 1 aromatic rings. The van der Waals surface area contributed by atoms with Crippen LogP contribution in [0.4, 0.5) is 0 Å². The van der Waals surface area contributed by atoms with Crippen LogP contribution in [0.3, 0.4) is 0 Å². The summed E-state index contributed by atoms with van der Waals surface area (Å²) in [5.41, 5.74) is 1.01. The number of hydrogen-bond acceptors (Lipinski definition) is 5. The van der Waals surface area contributed by atoms with Gasteiger partial charge in [0.05, 0.1) is 23.4 Å². The zero-order valence-corrected chi connectivity index (χ0v) is 10.7. The Morgan fingerprint density at radius 3 is 3.12 bits per heavy atom. The first-order valence-corrected chi connectivity index (χ1v) is 6.46. The number of nitrogens with zero attached hydrogens (tertiary/aromatic N) is 2. The summed E-state index contributed by atoms with van der Waals surface area (Å²) < 4.78 is 5.20. The number of morpholine rings is 1. The highest BCUT2D eigenvalue weighted by atomic mass is 32.1. The Morgan fingerprint density at radius 1 is 1.76 bits per heavy atom. The van der Waals surface area contributed by atoms with E-state index in [9.17, 15) is 4.79 Å². The second-order valence-electron chi connectivity index (χ2n) is 4.16. The molecule has 2 heterocycles. The van der Waals surface area contributed by atoms with Crippen LogP contribution in [0.25, 0.3) is 0 Å². The lowest BCUT2D eigenvalue weighted by Gasteiger charge is -2.34. The molecule has 0 saturated carbocycles. The van der Waals surface area contributed by atoms with Crippen molar-refractivity contribution in [1.82, 2.24) is 9.88 Å². The van der Waals surface area contributed by atoms with Gasteiger partial charge < -0.3 is 9.84 Å². The van der Waals surface area contributed by atoms with Gasteiger partial charge in [-0.05, 0) is 13.8 Å². The summed E-state index contributed by atoms with van der Waals surface area (Å²) in [5.74, 6) is -0.892. The zero-order chi connectivity index (χ0) is 12.4. The van der Waals surface area contributed by atoms with Gasteiger partial charge in [0, 0.05) is 18.5 Å². The average molecular weight is 256 g/mol. The summed E-state index contributed by atoms with van der Waals surface area (Å²) in [5, 5.41) is 12.0. The van der Waals surface area contributed by atoms with Crippen LogP contribution in [0.2, 0.25) is 0 Å². The molecule has 0 aromatic carbocycles. The highest BCUT2D eigenvalue weighted by Gasteiger charge is 2.29. The lowest BCUT2D eigenvalue weighted by molar-refractivity contribution is -0.157. The summed E-state index contributed by atoms with van der Waals surface area (Å²) in [6.45, 7) is 5.66. The van der Waals surface area contributed by atoms with Crippen LogP contribution in [0.5, 0.6) is 0 Å². The normalized spacial score (nSPS) is 23.5. The fourth-order valence-corrected chi connectivity index (χ4v) is 2.63. The molecule has 6 heteroatoms. The van der Waals surface area contributed by atoms with Crippen molar-refractivity contribution >= 4 is 17.3 Å². The van der Waals surface area contributed by atoms with Gasteiger partial charge in [0.15, 0.2) is 6.10 Å². The van der Waals surface area contributed by atoms with E-state index in [4.69, 9.17) is 9.84 Å². The number of thiazole rings is 1. The monoisotopic (exact) mass is 256 g/mol. The molecule has 2 unspecified atom stereocenters. The second-order valence-corrected chi connectivity index (χ2v) is 5.22. The van der Waals surface area contributed by atoms with Crippen molar-refractivity contribution in [1.29, 1.82) is 0 Å². The van der Waals surface area contributed by atoms with Crippen LogP contribution in [-0.2, 0) is 9.53 Å². The van der Waals surface area contributed by atoms with Gasteiger partial charge >= 0.3 is 5.97 Å². The van der Waals surface area contributed by atoms with E-state index in [-0.39, 0.29) is 6.04 Å². The van der Waals surface area contributed by atoms with Crippen molar-refractivity contribution < 1.29 is 14.6 Å². The standard InChI is InChI=1S/C11H16N2O3S/c1-7(9-6-17-8(2)12-9)13-3-4-16-10(5-13)11(14)15/h6-7,10H,3-5H2,1-2H3,(H,14,15). The van der Waals surface area contributed by atoms with Gasteiger partial charge in [-0.2, -0.15) is 0 Å². The summed E-state index contributed by atoms with van der Waals surface area (Å²) in [6.07, 6.45) is -0.717. The molecule has 0 spiro atoms. The Labute approximate surface area is 104 Å². The molecule has 5 nitrogen and oxygen atoms in total. The topological polar surface area (TPSA) is 62.7 Å². The Bertz CT molecular complexity index is 407. The first-order valence-electron chi connectivity index (χ1n) is 5.58. The fourth-order valence-electron chi connectivity index (χ4n) is 1.93. The third-order valence-electron chi connectivity index (χ3n) is 2.99. The molecule has 2 atom stereocenters. The van der Waals surface area contributed by atoms with Crippen molar-refractivity contribution in [3.8, 4) is 0 Å². The molecule has 0 bridgehead atoms. The van der Waals surface area contributed by atoms with Crippen LogP contribution in [0.1, 0.15) is 23.7 Å². The number of ether oxygens (including phenoxy) is 1. The Hall–Kier alpha value is -0.980. The van der Waals surface area contributed by atoms with E-state index < -0.39 is 12.1 Å². The van der Waals surface area contributed by atoms with E-state index in [1.54, 1.807) is 11.3 Å². The molecule has 1 fully saturated rings. The lowest BCUT2D eigenvalue weighted by Crippen LogP contribution is -2.46. The minimum atomic E-state index is -0.892. The Balaban J connectivity index is 2.04. The molecule has 0 amide bonds. The number of carboxylic acids is 1. The van der Waals surface area contributed by atoms with Crippen LogP contribution in [0, 0.1) is 6.92 Å². The largest absolute Gasteiger partial charge is 0.479 e. The minimum Gasteiger partial charge on any atom is -0.479 e. The fraction of sp³-hybridized carbons (Fsp3) is 0.636. The van der Waals surface area contributed by atoms with Crippen molar-refractivity contribution in [2.75, 3.05) is 19.7 Å². The molecule has 94 valence electrons. The summed E-state index contributed by atoms with van der Waals surface area (Å²) in [7, 11) is 0. The molecule has 0 radical (unpaired) electrons. The summed E-state index contributed by atoms with van der Waals surface area (Å²) >= 11 is 1.62. The lowest BCUT2D eigenvalue weighted by atomic mass is 10.1. The predicted octanol–water partition coefficient (Wildman–Crippen LogP) is 1.30. The number of carbonyl (C=O) groups is 1. The van der Waals surface area contributed by atoms with Gasteiger partial charge in [-0.25, -0.2) is 9.78 Å². The summed E-state index contributed by atoms with van der Waals surface area (Å²) in [4.78, 5) is 17.5. The van der Waals surface area contributed by atoms with E-state index in [1.807, 2.05) is 12.3 Å². The van der Waals surface area contributed by atoms with Gasteiger partial charge in [0.25, 0.3) is 0 Å². The van der Waals surface area contributed by atoms with Crippen LogP contribution >= 0.6 is 11.3 Å². The molecule has 0 aliphatic carbocycles. The molecule has 2 rings (SSSR count). The second kappa shape index (κ2) is 5.12. The van der Waals surface area contributed by atoms with Crippen LogP contribution in [0.15, 0.2) is 5.38 Å². The zero-order valence-electron chi connectivity index (χ0n) is 9.92. The van der Waals surface area contributed by atoms with Crippen molar-refractivity contribution in [2.24, 2.45) is 0 Å². The van der Waals surface area contributed by atoms with E-state index >= 15 is 0 Å². The van der Waals surface area contributed by atoms with Crippen LogP contribution < -0.4 is 0 Å². The maximum atomic E-state index is 10.9. The Kier molecular flexibility index (Phi) is 3.76. The Morgan fingerprint density at radius 2 is 2.53 bits per heavy atom. The highest BCUT2D eigenvalue weighted by molar-refractivity contribution is 7.09. The number of rotatable bonds is 3. The highest BCUT2D eigenvalue weighted by Crippen LogP contribution is 2.23. The molecular weight excluding hydrogens is 240 g/mol. The molecule has 1 aliphatic heterocycles. The van der Waals surface area contributed by atoms with Crippen molar-refractivity contribution in [2.45, 2.75) is 26.0 Å². The average Bonchev–Trinajstić information content (AvgIpc) is 2.75. The minimum absolute atomic E-state index is 0.144. The number of aromatic nitrogens is 1. The molecule has 1 aliphatic rings. The SMILES string of the molecule is Cc1nc(C(C)N2CCOC(C(=O)O)C2)cs1. The number of aryl methyl sites for hydroxylation is 1. The van der Waals surface area contributed by atoms with Gasteiger partial charge in [-0.3, -0.25) is 4.90 Å². The smallest absolute Gasteiger partial charge is 0.334 e. The van der Waals surface area contributed by atoms with E-state index in [2.05, 4.69) is 16.8 Å². The van der Waals surface area contributed by atoms with Crippen molar-refractivity contribution in [3.63, 3.8) is 0 Å². The number of carboxylic acid groups (broad SMARTS) is 1. The number of aliphatic carboxylic acids is 1. The third-order valence-corrected chi connectivity index (χ3v) is 3.78. The third kappa shape index (κ3) is 2.83. The predicted molar refractivity (Wildman–Crippen MR) is 64.2 cm³/mol. The molecule has 1 aromatic heterocycles. The van der Waals surface area contributed by atoms with Gasteiger partial charge in [0.2, 0.25) is 0 Å². The van der Waals surface area contributed by atoms with E-state index in [1.165, 1.54) is 0 Å². The van der Waals surface area contributed by atoms with E-state index in [0.717, 1.165) is 17.2 Å². The number of hydrogen-bond donors (Lipinski definition) is 1. The van der Waals surface area contributed by atoms with Gasteiger partial charge in [0.1, 0.15) is 0 Å². The van der Waals surface area contributed by atoms with E-state index in [0.29, 0.717) is 13.2 Å². The maximum absolute atomic E-state index is 10.9. The molecule has 17 heavy (non-hydrogen) atoms. The quantitative estimate of drug-likeness (QED) is 0.883. The molecule has 1 saturated heterocycles.